The van der Waals surface area contributed by atoms with Gasteiger partial charge < -0.3 is 109 Å². The van der Waals surface area contributed by atoms with Crippen molar-refractivity contribution in [2.24, 2.45) is 0 Å². The largest absolute Gasteiger partial charge is 0.571 e. The molecule has 0 amide bonds. The second-order valence-corrected chi connectivity index (χ2v) is 15.5. The fourth-order valence-corrected chi connectivity index (χ4v) is 7.36. The van der Waals surface area contributed by atoms with E-state index in [9.17, 15) is 71.2 Å². The lowest BCUT2D eigenvalue weighted by molar-refractivity contribution is -0.360. The van der Waals surface area contributed by atoms with Gasteiger partial charge in [-0.15, -0.1) is 0 Å². The van der Waals surface area contributed by atoms with Crippen molar-refractivity contribution in [1.82, 2.24) is 0 Å². The van der Waals surface area contributed by atoms with Crippen LogP contribution >= 0.6 is 0 Å². The van der Waals surface area contributed by atoms with Crippen molar-refractivity contribution in [2.75, 3.05) is 26.9 Å². The van der Waals surface area contributed by atoms with Crippen LogP contribution in [0.4, 0.5) is 0 Å². The summed E-state index contributed by atoms with van der Waals surface area (Å²) in [4.78, 5) is 12.5. The molecule has 15 atom stereocenters. The molecule has 0 spiro atoms. The van der Waals surface area contributed by atoms with Gasteiger partial charge in [0.1, 0.15) is 84.7 Å². The molecule has 4 heterocycles. The van der Waals surface area contributed by atoms with Crippen LogP contribution < -0.4 is 4.74 Å². The van der Waals surface area contributed by atoms with Crippen molar-refractivity contribution >= 4 is 18.1 Å². The molecular formula is C42H49O23+. The Morgan fingerprint density at radius 3 is 2.15 bits per heavy atom. The number of hydrogen-bond acceptors (Lipinski definition) is 22. The van der Waals surface area contributed by atoms with E-state index in [1.165, 1.54) is 49.6 Å². The molecule has 0 aliphatic carbocycles. The van der Waals surface area contributed by atoms with Gasteiger partial charge in [-0.1, -0.05) is 6.07 Å². The van der Waals surface area contributed by atoms with Crippen LogP contribution in [0.15, 0.2) is 60.4 Å². The molecule has 0 bridgehead atoms. The molecule has 65 heavy (non-hydrogen) atoms. The summed E-state index contributed by atoms with van der Waals surface area (Å²) in [6.07, 6.45) is -22.6. The SMILES string of the molecule is COc1cc(C=CC(=O)OCC2OC(OCC3OC(OC4=Cc5c(O)cc(O)cc5[OH+]C4c4ccc(O)c(O)c4)C(OC4OCC(O)C(O)C4O)C(O)C3O)C(O)C(O)C2O)ccc1O. The Bertz CT molecular complexity index is 2220. The van der Waals surface area contributed by atoms with Gasteiger partial charge in [0.2, 0.25) is 6.29 Å². The third kappa shape index (κ3) is 10.3. The lowest BCUT2D eigenvalue weighted by Gasteiger charge is -2.46. The zero-order valence-electron chi connectivity index (χ0n) is 34.1. The number of methoxy groups -OCH3 is 1. The van der Waals surface area contributed by atoms with Crippen molar-refractivity contribution in [1.29, 1.82) is 0 Å². The van der Waals surface area contributed by atoms with Gasteiger partial charge in [0.15, 0.2) is 47.4 Å². The minimum absolute atomic E-state index is 0.0346. The maximum absolute atomic E-state index is 12.5. The van der Waals surface area contributed by atoms with E-state index in [1.54, 1.807) is 0 Å². The minimum atomic E-state index is -2.01. The predicted octanol–water partition coefficient (Wildman–Crippen LogP) is -2.07. The van der Waals surface area contributed by atoms with E-state index in [0.29, 0.717) is 5.56 Å². The van der Waals surface area contributed by atoms with Gasteiger partial charge >= 0.3 is 5.97 Å². The molecule has 0 radical (unpaired) electrons. The lowest BCUT2D eigenvalue weighted by atomic mass is 9.97. The number of rotatable bonds is 13. The second kappa shape index (κ2) is 19.9. The average molecular weight is 922 g/mol. The number of benzene rings is 3. The fourth-order valence-electron chi connectivity index (χ4n) is 7.36. The highest BCUT2D eigenvalue weighted by molar-refractivity contribution is 5.87. The van der Waals surface area contributed by atoms with Gasteiger partial charge in [-0.3, -0.25) is 0 Å². The molecule has 4 aliphatic rings. The van der Waals surface area contributed by atoms with Crippen LogP contribution in [0.25, 0.3) is 12.2 Å². The quantitative estimate of drug-likeness (QED) is 0.0379. The number of aliphatic hydroxyl groups is 9. The Morgan fingerprint density at radius 2 is 1.42 bits per heavy atom. The predicted molar refractivity (Wildman–Crippen MR) is 214 cm³/mol. The fraction of sp³-hybridized carbons (Fsp3) is 0.452. The summed E-state index contributed by atoms with van der Waals surface area (Å²) in [7, 11) is 1.35. The number of ether oxygens (including phenoxy) is 9. The third-order valence-corrected chi connectivity index (χ3v) is 11.0. The monoisotopic (exact) mass is 921 g/mol. The van der Waals surface area contributed by atoms with Crippen LogP contribution in [0.1, 0.15) is 22.8 Å². The molecule has 3 fully saturated rings. The maximum atomic E-state index is 12.5. The van der Waals surface area contributed by atoms with Crippen molar-refractivity contribution in [2.45, 2.75) is 92.1 Å². The average Bonchev–Trinajstić information content (AvgIpc) is 3.28. The number of phenolic OH excluding ortho intramolecular Hbond substituents is 5. The Kier molecular flexibility index (Phi) is 14.5. The standard InChI is InChI=1S/C42H48O23/c1-57-26-8-16(2-5-21(26)45)3-7-30(49)58-14-28-32(51)34(53)37(56)40(63-28)60-15-29-33(52)35(54)39(65-41-36(55)31(50)24(48)13-59-41)42(64-29)62-27-12-19-22(46)10-18(43)11-25(19)61-38(27)17-4-6-20(44)23(47)9-17/h2-12,24,28-29,31-48,50-56H,13-15H2,1H3/p+1. The van der Waals surface area contributed by atoms with E-state index in [1.807, 2.05) is 0 Å². The highest BCUT2D eigenvalue weighted by Gasteiger charge is 2.52. The third-order valence-electron chi connectivity index (χ3n) is 11.0. The maximum Gasteiger partial charge on any atom is 0.330 e. The molecule has 3 aromatic rings. The summed E-state index contributed by atoms with van der Waals surface area (Å²) in [5.41, 5.74) is 0.690. The van der Waals surface area contributed by atoms with Gasteiger partial charge in [-0.05, 0) is 42.0 Å². The van der Waals surface area contributed by atoms with Gasteiger partial charge in [0, 0.05) is 18.2 Å². The molecule has 3 aromatic carbocycles. The van der Waals surface area contributed by atoms with Crippen molar-refractivity contribution in [3.05, 3.63) is 77.1 Å². The number of carbonyl (C=O) groups is 1. The second-order valence-electron chi connectivity index (χ2n) is 15.5. The van der Waals surface area contributed by atoms with Crippen LogP contribution in [0, 0.1) is 0 Å². The number of aromatic hydroxyl groups is 6. The van der Waals surface area contributed by atoms with Gasteiger partial charge in [0.25, 0.3) is 11.9 Å². The van der Waals surface area contributed by atoms with Gasteiger partial charge in [-0.25, -0.2) is 4.79 Å². The molecule has 4 aliphatic heterocycles. The van der Waals surface area contributed by atoms with E-state index in [2.05, 4.69) is 4.74 Å². The van der Waals surface area contributed by atoms with Crippen LogP contribution in [0.5, 0.6) is 40.2 Å². The van der Waals surface area contributed by atoms with E-state index < -0.39 is 135 Å². The van der Waals surface area contributed by atoms with E-state index in [-0.39, 0.29) is 39.9 Å². The molecule has 15 unspecified atom stereocenters. The minimum Gasteiger partial charge on any atom is -0.571 e. The molecule has 23 heteroatoms. The van der Waals surface area contributed by atoms with Gasteiger partial charge in [0.05, 0.1) is 32.0 Å². The number of hydrogen-bond donors (Lipinski definition) is 13. The number of carbonyl (C=O) groups excluding carboxylic acids is 1. The summed E-state index contributed by atoms with van der Waals surface area (Å²) >= 11 is 0. The van der Waals surface area contributed by atoms with E-state index in [4.69, 9.17) is 37.9 Å². The van der Waals surface area contributed by atoms with E-state index in [0.717, 1.165) is 24.3 Å². The summed E-state index contributed by atoms with van der Waals surface area (Å²) < 4.78 is 49.7. The highest BCUT2D eigenvalue weighted by Crippen LogP contribution is 2.46. The van der Waals surface area contributed by atoms with Crippen LogP contribution in [-0.2, 0) is 38.0 Å². The van der Waals surface area contributed by atoms with E-state index >= 15 is 0 Å². The molecule has 0 aromatic heterocycles. The molecule has 7 rings (SSSR count). The molecule has 354 valence electrons. The summed E-state index contributed by atoms with van der Waals surface area (Å²) in [5, 5.41) is 137. The van der Waals surface area contributed by atoms with Crippen LogP contribution in [0.3, 0.4) is 0 Å². The first-order valence-electron chi connectivity index (χ1n) is 20.0. The van der Waals surface area contributed by atoms with Crippen LogP contribution in [0.2, 0.25) is 0 Å². The Labute approximate surface area is 367 Å². The highest BCUT2D eigenvalue weighted by atomic mass is 16.8. The zero-order chi connectivity index (χ0) is 46.9. The number of aliphatic hydroxyl groups excluding tert-OH is 8. The smallest absolute Gasteiger partial charge is 0.330 e. The topological polar surface area (TPSA) is 367 Å². The molecule has 0 saturated carbocycles. The van der Waals surface area contributed by atoms with Crippen LogP contribution in [-0.4, -0.2) is 190 Å². The van der Waals surface area contributed by atoms with Crippen molar-refractivity contribution in [3.8, 4) is 40.2 Å². The van der Waals surface area contributed by atoms with Crippen molar-refractivity contribution in [3.63, 3.8) is 0 Å². The number of fused-ring (bicyclic) bond motifs is 1. The summed E-state index contributed by atoms with van der Waals surface area (Å²) in [6, 6.07) is 10.2. The molecule has 23 nitrogen and oxygen atoms in total. The molecular weight excluding hydrogens is 872 g/mol. The number of esters is 1. The molecule has 3 saturated heterocycles. The Hall–Kier alpha value is -5.51. The summed E-state index contributed by atoms with van der Waals surface area (Å²) in [5.74, 6) is -2.80. The van der Waals surface area contributed by atoms with Gasteiger partial charge in [-0.2, -0.15) is 0 Å². The Balaban J connectivity index is 1.10. The summed E-state index contributed by atoms with van der Waals surface area (Å²) in [6.45, 7) is -1.93. The Morgan fingerprint density at radius 1 is 0.723 bits per heavy atom. The first kappa shape index (κ1) is 47.5. The lowest BCUT2D eigenvalue weighted by Crippen LogP contribution is -2.64. The zero-order valence-corrected chi connectivity index (χ0v) is 34.1. The van der Waals surface area contributed by atoms with Crippen molar-refractivity contribution < 1.29 is 114 Å². The molecule has 14 N–H and O–H groups in total. The first-order chi connectivity index (χ1) is 30.9. The normalized spacial score (nSPS) is 33.7. The number of phenols is 5. The first-order valence-corrected chi connectivity index (χ1v) is 20.0.